The van der Waals surface area contributed by atoms with Crippen molar-refractivity contribution in [1.29, 1.82) is 0 Å². The minimum absolute atomic E-state index is 0.0925. The van der Waals surface area contributed by atoms with Gasteiger partial charge in [0.05, 0.1) is 16.6 Å². The average molecular weight is 354 g/mol. The number of carbonyl (C=O) groups is 1. The van der Waals surface area contributed by atoms with Gasteiger partial charge in [0.15, 0.2) is 16.6 Å². The maximum atomic E-state index is 12.4. The first-order chi connectivity index (χ1) is 12.1. The van der Waals surface area contributed by atoms with Gasteiger partial charge in [-0.05, 0) is 48.7 Å². The van der Waals surface area contributed by atoms with Crippen LogP contribution in [0.25, 0.3) is 10.2 Å². The molecule has 1 aromatic heterocycles. The predicted molar refractivity (Wildman–Crippen MR) is 98.9 cm³/mol. The Hall–Kier alpha value is -2.60. The normalized spacial score (nSPS) is 13.0. The van der Waals surface area contributed by atoms with Crippen LogP contribution in [0.5, 0.6) is 11.5 Å². The van der Waals surface area contributed by atoms with Gasteiger partial charge in [-0.1, -0.05) is 23.5 Å². The lowest BCUT2D eigenvalue weighted by atomic mass is 10.1. The molecule has 5 nitrogen and oxygen atoms in total. The first kappa shape index (κ1) is 15.9. The number of amides is 1. The summed E-state index contributed by atoms with van der Waals surface area (Å²) in [5.74, 6) is 1.33. The molecule has 6 heteroatoms. The van der Waals surface area contributed by atoms with Crippen molar-refractivity contribution in [3.05, 3.63) is 47.0 Å². The molecule has 0 bridgehead atoms. The number of hydrogen-bond acceptors (Lipinski definition) is 5. The molecule has 0 fully saturated rings. The van der Waals surface area contributed by atoms with E-state index in [1.807, 2.05) is 25.1 Å². The van der Waals surface area contributed by atoms with E-state index in [2.05, 4.69) is 29.4 Å². The molecule has 2 aromatic carbocycles. The van der Waals surface area contributed by atoms with Crippen LogP contribution in [0.1, 0.15) is 16.7 Å². The summed E-state index contributed by atoms with van der Waals surface area (Å²) in [5, 5.41) is 3.53. The minimum Gasteiger partial charge on any atom is -0.486 e. The summed E-state index contributed by atoms with van der Waals surface area (Å²) >= 11 is 1.50. The number of thiazole rings is 1. The van der Waals surface area contributed by atoms with Gasteiger partial charge >= 0.3 is 0 Å². The monoisotopic (exact) mass is 354 g/mol. The van der Waals surface area contributed by atoms with Gasteiger partial charge in [0.25, 0.3) is 0 Å². The Morgan fingerprint density at radius 1 is 1.16 bits per heavy atom. The van der Waals surface area contributed by atoms with Gasteiger partial charge in [0, 0.05) is 0 Å². The highest BCUT2D eigenvalue weighted by Crippen LogP contribution is 2.32. The third-order valence-electron chi connectivity index (χ3n) is 4.05. The zero-order valence-electron chi connectivity index (χ0n) is 14.1. The molecule has 4 rings (SSSR count). The van der Waals surface area contributed by atoms with E-state index in [1.165, 1.54) is 16.9 Å². The van der Waals surface area contributed by atoms with E-state index in [0.29, 0.717) is 24.1 Å². The Morgan fingerprint density at radius 3 is 2.80 bits per heavy atom. The van der Waals surface area contributed by atoms with Gasteiger partial charge in [-0.2, -0.15) is 0 Å². The van der Waals surface area contributed by atoms with E-state index in [1.54, 1.807) is 0 Å². The standard InChI is InChI=1S/C19H18N2O3S/c1-11-7-12(2)18-16(8-11)25-19(21-18)20-17(22)10-13-3-4-14-15(9-13)24-6-5-23-14/h3-4,7-9H,5-6,10H2,1-2H3,(H,20,21,22). The van der Waals surface area contributed by atoms with Crippen LogP contribution in [0, 0.1) is 13.8 Å². The molecular formula is C19H18N2O3S. The van der Waals surface area contributed by atoms with Crippen LogP contribution in [0.15, 0.2) is 30.3 Å². The summed E-state index contributed by atoms with van der Waals surface area (Å²) in [7, 11) is 0. The fraction of sp³-hybridized carbons (Fsp3) is 0.263. The van der Waals surface area contributed by atoms with Crippen molar-refractivity contribution in [3.8, 4) is 11.5 Å². The summed E-state index contributed by atoms with van der Waals surface area (Å²) in [6, 6.07) is 9.79. The van der Waals surface area contributed by atoms with E-state index in [4.69, 9.17) is 9.47 Å². The molecule has 0 spiro atoms. The summed E-state index contributed by atoms with van der Waals surface area (Å²) in [6.07, 6.45) is 0.268. The third-order valence-corrected chi connectivity index (χ3v) is 4.97. The van der Waals surface area contributed by atoms with Gasteiger partial charge in [0.2, 0.25) is 5.91 Å². The Bertz CT molecular complexity index is 965. The number of rotatable bonds is 3. The molecule has 1 aliphatic rings. The Morgan fingerprint density at radius 2 is 1.96 bits per heavy atom. The second kappa shape index (κ2) is 6.37. The number of anilines is 1. The summed E-state index contributed by atoms with van der Waals surface area (Å²) < 4.78 is 12.2. The first-order valence-corrected chi connectivity index (χ1v) is 8.96. The van der Waals surface area contributed by atoms with E-state index >= 15 is 0 Å². The van der Waals surface area contributed by atoms with Crippen LogP contribution in [-0.2, 0) is 11.2 Å². The average Bonchev–Trinajstić information content (AvgIpc) is 2.97. The summed E-state index contributed by atoms with van der Waals surface area (Å²) in [6.45, 7) is 5.19. The molecule has 128 valence electrons. The predicted octanol–water partition coefficient (Wildman–Crippen LogP) is 3.87. The molecule has 0 atom stereocenters. The molecule has 0 unspecified atom stereocenters. The number of ether oxygens (including phenoxy) is 2. The molecule has 1 N–H and O–H groups in total. The van der Waals surface area contributed by atoms with Gasteiger partial charge < -0.3 is 14.8 Å². The van der Waals surface area contributed by atoms with Crippen LogP contribution in [0.2, 0.25) is 0 Å². The van der Waals surface area contributed by atoms with E-state index in [9.17, 15) is 4.79 Å². The van der Waals surface area contributed by atoms with Crippen molar-refractivity contribution in [3.63, 3.8) is 0 Å². The molecule has 0 saturated heterocycles. The summed E-state index contributed by atoms with van der Waals surface area (Å²) in [4.78, 5) is 16.9. The van der Waals surface area contributed by atoms with Gasteiger partial charge in [-0.15, -0.1) is 0 Å². The molecular weight excluding hydrogens is 336 g/mol. The van der Waals surface area contributed by atoms with Crippen LogP contribution < -0.4 is 14.8 Å². The molecule has 0 radical (unpaired) electrons. The third kappa shape index (κ3) is 3.30. The second-order valence-corrected chi connectivity index (χ2v) is 7.18. The van der Waals surface area contributed by atoms with Crippen molar-refractivity contribution >= 4 is 32.6 Å². The Balaban J connectivity index is 1.50. The van der Waals surface area contributed by atoms with Crippen molar-refractivity contribution < 1.29 is 14.3 Å². The number of fused-ring (bicyclic) bond motifs is 2. The van der Waals surface area contributed by atoms with E-state index < -0.39 is 0 Å². The largest absolute Gasteiger partial charge is 0.486 e. The number of carbonyl (C=O) groups excluding carboxylic acids is 1. The molecule has 0 aliphatic carbocycles. The molecule has 3 aromatic rings. The highest BCUT2D eigenvalue weighted by Gasteiger charge is 2.14. The van der Waals surface area contributed by atoms with Gasteiger partial charge in [0.1, 0.15) is 13.2 Å². The molecule has 2 heterocycles. The van der Waals surface area contributed by atoms with E-state index in [-0.39, 0.29) is 12.3 Å². The molecule has 1 aliphatic heterocycles. The van der Waals surface area contributed by atoms with Crippen molar-refractivity contribution in [2.45, 2.75) is 20.3 Å². The highest BCUT2D eigenvalue weighted by atomic mass is 32.1. The van der Waals surface area contributed by atoms with Crippen LogP contribution >= 0.6 is 11.3 Å². The lowest BCUT2D eigenvalue weighted by molar-refractivity contribution is -0.115. The van der Waals surface area contributed by atoms with Crippen LogP contribution in [0.4, 0.5) is 5.13 Å². The number of benzene rings is 2. The maximum absolute atomic E-state index is 12.4. The SMILES string of the molecule is Cc1cc(C)c2nc(NC(=O)Cc3ccc4c(c3)OCCO4)sc2c1. The van der Waals surface area contributed by atoms with Crippen LogP contribution in [-0.4, -0.2) is 24.1 Å². The number of hydrogen-bond donors (Lipinski definition) is 1. The van der Waals surface area contributed by atoms with Crippen LogP contribution in [0.3, 0.4) is 0 Å². The second-order valence-electron chi connectivity index (χ2n) is 6.15. The fourth-order valence-corrected chi connectivity index (χ4v) is 4.03. The number of nitrogens with one attached hydrogen (secondary N) is 1. The lowest BCUT2D eigenvalue weighted by Crippen LogP contribution is -2.17. The molecule has 1 amide bonds. The Kier molecular flexibility index (Phi) is 4.05. The fourth-order valence-electron chi connectivity index (χ4n) is 2.97. The first-order valence-electron chi connectivity index (χ1n) is 8.15. The van der Waals surface area contributed by atoms with Crippen molar-refractivity contribution in [1.82, 2.24) is 4.98 Å². The number of aryl methyl sites for hydroxylation is 2. The Labute approximate surface area is 149 Å². The zero-order valence-corrected chi connectivity index (χ0v) is 14.9. The van der Waals surface area contributed by atoms with E-state index in [0.717, 1.165) is 27.1 Å². The summed E-state index contributed by atoms with van der Waals surface area (Å²) in [5.41, 5.74) is 4.15. The van der Waals surface area contributed by atoms with Crippen molar-refractivity contribution in [2.75, 3.05) is 18.5 Å². The zero-order chi connectivity index (χ0) is 17.4. The number of aromatic nitrogens is 1. The lowest BCUT2D eigenvalue weighted by Gasteiger charge is -2.18. The smallest absolute Gasteiger partial charge is 0.230 e. The van der Waals surface area contributed by atoms with Gasteiger partial charge in [-0.25, -0.2) is 4.98 Å². The van der Waals surface area contributed by atoms with Crippen molar-refractivity contribution in [2.24, 2.45) is 0 Å². The molecule has 0 saturated carbocycles. The number of nitrogens with zero attached hydrogens (tertiary/aromatic N) is 1. The quantitative estimate of drug-likeness (QED) is 0.776. The van der Waals surface area contributed by atoms with Gasteiger partial charge in [-0.3, -0.25) is 4.79 Å². The topological polar surface area (TPSA) is 60.5 Å². The minimum atomic E-state index is -0.0925. The highest BCUT2D eigenvalue weighted by molar-refractivity contribution is 7.22. The maximum Gasteiger partial charge on any atom is 0.230 e. The molecule has 25 heavy (non-hydrogen) atoms.